The molecule has 0 atom stereocenters. The van der Waals surface area contributed by atoms with Crippen LogP contribution in [0, 0.1) is 24.3 Å². The molecule has 0 saturated carbocycles. The number of aryl methyl sites for hydroxylation is 1. The van der Waals surface area contributed by atoms with E-state index in [0.717, 1.165) is 39.2 Å². The number of hydrogen-bond donors (Lipinski definition) is 0. The third-order valence-corrected chi connectivity index (χ3v) is 5.16. The van der Waals surface area contributed by atoms with E-state index in [4.69, 9.17) is 5.26 Å². The fourth-order valence-corrected chi connectivity index (χ4v) is 3.65. The van der Waals surface area contributed by atoms with Crippen molar-refractivity contribution in [2.75, 3.05) is 0 Å². The van der Waals surface area contributed by atoms with Gasteiger partial charge in [-0.05, 0) is 42.1 Å². The van der Waals surface area contributed by atoms with E-state index in [0.29, 0.717) is 11.4 Å². The zero-order valence-corrected chi connectivity index (χ0v) is 20.8. The molecule has 0 amide bonds. The summed E-state index contributed by atoms with van der Waals surface area (Å²) in [4.78, 5) is 12.9. The summed E-state index contributed by atoms with van der Waals surface area (Å²) in [5.74, 6) is 0. The molecule has 1 radical (unpaired) electrons. The number of nitriles is 1. The average molecular weight is 662 g/mol. The van der Waals surface area contributed by atoms with Crippen LogP contribution in [0.1, 0.15) is 17.1 Å². The molecule has 0 saturated heterocycles. The second-order valence-corrected chi connectivity index (χ2v) is 7.54. The zero-order chi connectivity index (χ0) is 24.6. The van der Waals surface area contributed by atoms with Gasteiger partial charge in [0, 0.05) is 49.4 Å². The number of hydrogen-bond acceptors (Lipinski definition) is 5. The molecule has 0 bridgehead atoms. The van der Waals surface area contributed by atoms with Gasteiger partial charge in [0.05, 0.1) is 17.4 Å². The quantitative estimate of drug-likeness (QED) is 0.179. The number of pyridine rings is 3. The molecule has 0 aliphatic carbocycles. The Morgan fingerprint density at radius 3 is 2.56 bits per heavy atom. The summed E-state index contributed by atoms with van der Waals surface area (Å²) in [6.07, 6.45) is -0.972. The number of para-hydroxylation sites is 1. The Hall–Kier alpha value is -4.13. The van der Waals surface area contributed by atoms with Crippen molar-refractivity contribution in [3.63, 3.8) is 0 Å². The van der Waals surface area contributed by atoms with Gasteiger partial charge in [-0.3, -0.25) is 9.97 Å². The standard InChI is InChI=1S/C16H9N4.C9H5F3N3.Ir/c1-10-9-20-14-5-3-2-4-12(14)15-13(16(20)18-10)7-6-11(8-17)19-15;10-9(11,12)8-5-7(14-15-8)6-3-1-2-4-13-6;/h2-6,9H,1H3;1-5H;/q2*-1;. The molecule has 0 fully saturated rings. The molecule has 181 valence electrons. The normalized spacial score (nSPS) is 11.1. The van der Waals surface area contributed by atoms with Crippen molar-refractivity contribution in [3.05, 3.63) is 90.1 Å². The van der Waals surface area contributed by atoms with Crippen LogP contribution in [0.15, 0.2) is 67.0 Å². The summed E-state index contributed by atoms with van der Waals surface area (Å²) in [5, 5.41) is 17.3. The summed E-state index contributed by atoms with van der Waals surface area (Å²) in [7, 11) is 0. The molecule has 0 unspecified atom stereocenters. The van der Waals surface area contributed by atoms with Gasteiger partial charge in [0.25, 0.3) is 0 Å². The molecule has 11 heteroatoms. The summed E-state index contributed by atoms with van der Waals surface area (Å²) < 4.78 is 38.6. The van der Waals surface area contributed by atoms with E-state index in [2.05, 4.69) is 41.7 Å². The Morgan fingerprint density at radius 2 is 1.86 bits per heavy atom. The Morgan fingerprint density at radius 1 is 1.08 bits per heavy atom. The van der Waals surface area contributed by atoms with E-state index in [1.54, 1.807) is 24.3 Å². The Labute approximate surface area is 216 Å². The maximum Gasteiger partial charge on any atom is 0.431 e. The van der Waals surface area contributed by atoms with Gasteiger partial charge >= 0.3 is 6.18 Å². The van der Waals surface area contributed by atoms with Gasteiger partial charge in [-0.1, -0.05) is 35.3 Å². The largest absolute Gasteiger partial charge is 0.573 e. The van der Waals surface area contributed by atoms with Crippen molar-refractivity contribution in [2.24, 2.45) is 0 Å². The number of rotatable bonds is 1. The van der Waals surface area contributed by atoms with Gasteiger partial charge in [-0.25, -0.2) is 5.26 Å². The van der Waals surface area contributed by atoms with Crippen LogP contribution in [0.25, 0.3) is 38.8 Å². The monoisotopic (exact) mass is 662 g/mol. The minimum atomic E-state index is -4.46. The minimum Gasteiger partial charge on any atom is -0.573 e. The Kier molecular flexibility index (Phi) is 6.84. The predicted octanol–water partition coefficient (Wildman–Crippen LogP) is 5.13. The molecular weight excluding hydrogens is 648 g/mol. The molecule has 6 aromatic rings. The first-order valence-electron chi connectivity index (χ1n) is 10.3. The molecule has 36 heavy (non-hydrogen) atoms. The molecule has 5 aromatic heterocycles. The van der Waals surface area contributed by atoms with Crippen LogP contribution in [0.2, 0.25) is 0 Å². The van der Waals surface area contributed by atoms with Gasteiger partial charge in [-0.15, -0.1) is 12.1 Å². The second kappa shape index (κ2) is 9.85. The van der Waals surface area contributed by atoms with Crippen molar-refractivity contribution in [2.45, 2.75) is 13.1 Å². The number of alkyl halides is 3. The molecule has 1 aromatic carbocycles. The topological polar surface area (TPSA) is 93.9 Å². The van der Waals surface area contributed by atoms with E-state index in [1.807, 2.05) is 37.4 Å². The predicted molar refractivity (Wildman–Crippen MR) is 122 cm³/mol. The Bertz CT molecular complexity index is 1720. The van der Waals surface area contributed by atoms with E-state index in [9.17, 15) is 13.2 Å². The average Bonchev–Trinajstić information content (AvgIpc) is 3.52. The first-order chi connectivity index (χ1) is 16.8. The SMILES string of the molecule is Cc1cn2c3ccccc3c3nc(C#N)c[c-]c3c2n1.FC(F)(F)c1cc(-c2ccccn2)[n-]n1.[Ir]. The molecule has 6 rings (SSSR count). The third-order valence-electron chi connectivity index (χ3n) is 5.16. The summed E-state index contributed by atoms with van der Waals surface area (Å²) in [5.41, 5.74) is 3.46. The number of nitrogens with zero attached hydrogens (tertiary/aromatic N) is 7. The molecule has 7 nitrogen and oxygen atoms in total. The van der Waals surface area contributed by atoms with E-state index >= 15 is 0 Å². The second-order valence-electron chi connectivity index (χ2n) is 7.54. The number of halogens is 3. The van der Waals surface area contributed by atoms with Gasteiger partial charge in [0.2, 0.25) is 0 Å². The smallest absolute Gasteiger partial charge is 0.431 e. The maximum absolute atomic E-state index is 12.2. The van der Waals surface area contributed by atoms with Crippen LogP contribution >= 0.6 is 0 Å². The number of aromatic nitrogens is 6. The molecular formula is C25H14F3IrN7-2. The first kappa shape index (κ1) is 25.0. The zero-order valence-electron chi connectivity index (χ0n) is 18.4. The van der Waals surface area contributed by atoms with E-state index in [-0.39, 0.29) is 25.8 Å². The Balaban J connectivity index is 0.000000172. The van der Waals surface area contributed by atoms with Crippen LogP contribution in [-0.2, 0) is 26.3 Å². The van der Waals surface area contributed by atoms with Gasteiger partial charge in [0.1, 0.15) is 5.69 Å². The third kappa shape index (κ3) is 4.69. The van der Waals surface area contributed by atoms with Crippen LogP contribution in [0.3, 0.4) is 0 Å². The van der Waals surface area contributed by atoms with Crippen molar-refractivity contribution < 1.29 is 33.3 Å². The van der Waals surface area contributed by atoms with Crippen LogP contribution in [0.5, 0.6) is 0 Å². The molecule has 5 heterocycles. The maximum atomic E-state index is 12.2. The van der Waals surface area contributed by atoms with Crippen molar-refractivity contribution in [1.29, 1.82) is 5.26 Å². The van der Waals surface area contributed by atoms with Crippen molar-refractivity contribution >= 4 is 27.5 Å². The van der Waals surface area contributed by atoms with Crippen LogP contribution in [-0.4, -0.2) is 24.5 Å². The fourth-order valence-electron chi connectivity index (χ4n) is 3.65. The van der Waals surface area contributed by atoms with Crippen molar-refractivity contribution in [1.82, 2.24) is 29.5 Å². The van der Waals surface area contributed by atoms with Gasteiger partial charge in [0.15, 0.2) is 0 Å². The van der Waals surface area contributed by atoms with Gasteiger partial charge < -0.3 is 19.6 Å². The van der Waals surface area contributed by atoms with Crippen LogP contribution < -0.4 is 5.10 Å². The summed E-state index contributed by atoms with van der Waals surface area (Å²) >= 11 is 0. The minimum absolute atomic E-state index is 0. The number of benzene rings is 1. The number of fused-ring (bicyclic) bond motifs is 6. The van der Waals surface area contributed by atoms with Crippen molar-refractivity contribution in [3.8, 4) is 17.5 Å². The molecule has 0 N–H and O–H groups in total. The first-order valence-corrected chi connectivity index (χ1v) is 10.3. The summed E-state index contributed by atoms with van der Waals surface area (Å²) in [6, 6.07) is 20.6. The molecule has 0 aliphatic rings. The van der Waals surface area contributed by atoms with E-state index in [1.165, 1.54) is 6.20 Å². The molecule has 0 spiro atoms. The van der Waals surface area contributed by atoms with E-state index < -0.39 is 11.9 Å². The summed E-state index contributed by atoms with van der Waals surface area (Å²) in [6.45, 7) is 1.96. The van der Waals surface area contributed by atoms with Gasteiger partial charge in [-0.2, -0.15) is 13.2 Å². The van der Waals surface area contributed by atoms with Crippen LogP contribution in [0.4, 0.5) is 13.2 Å². The molecule has 0 aliphatic heterocycles. The number of imidazole rings is 1. The fraction of sp³-hybridized carbons (Fsp3) is 0.0800.